The molecule has 6 heteroatoms. The number of hydrogen-bond acceptors (Lipinski definition) is 5. The number of benzene rings is 1. The predicted octanol–water partition coefficient (Wildman–Crippen LogP) is 3.75. The lowest BCUT2D eigenvalue weighted by atomic mass is 10.3. The molecule has 1 aromatic carbocycles. The van der Waals surface area contributed by atoms with Crippen molar-refractivity contribution in [1.29, 1.82) is 0 Å². The number of thiazole rings is 1. The number of rotatable bonds is 3. The van der Waals surface area contributed by atoms with Crippen molar-refractivity contribution >= 4 is 22.4 Å². The van der Waals surface area contributed by atoms with E-state index in [0.29, 0.717) is 5.76 Å². The first-order valence-electron chi connectivity index (χ1n) is 6.37. The number of fused-ring (bicyclic) bond motifs is 1. The molecule has 0 atom stereocenters. The first kappa shape index (κ1) is 12.2. The van der Waals surface area contributed by atoms with Crippen molar-refractivity contribution in [2.75, 3.05) is 7.11 Å². The third kappa shape index (κ3) is 1.84. The lowest BCUT2D eigenvalue weighted by Gasteiger charge is -2.06. The number of furan rings is 1. The van der Waals surface area contributed by atoms with Crippen LogP contribution < -0.4 is 4.74 Å². The van der Waals surface area contributed by atoms with Crippen molar-refractivity contribution in [2.45, 2.75) is 0 Å². The van der Waals surface area contributed by atoms with Crippen molar-refractivity contribution in [3.63, 3.8) is 0 Å². The van der Waals surface area contributed by atoms with Crippen LogP contribution in [-0.4, -0.2) is 21.6 Å². The molecule has 3 heterocycles. The zero-order valence-electron chi connectivity index (χ0n) is 11.2. The number of imidazole rings is 1. The third-order valence-electron chi connectivity index (χ3n) is 3.21. The van der Waals surface area contributed by atoms with Crippen molar-refractivity contribution in [3.8, 4) is 22.5 Å². The van der Waals surface area contributed by atoms with E-state index in [0.717, 1.165) is 27.7 Å². The van der Waals surface area contributed by atoms with Crippen LogP contribution >= 0.6 is 11.3 Å². The highest BCUT2D eigenvalue weighted by Crippen LogP contribution is 2.34. The summed E-state index contributed by atoms with van der Waals surface area (Å²) in [4.78, 5) is 9.07. The van der Waals surface area contributed by atoms with Crippen molar-refractivity contribution in [3.05, 3.63) is 48.2 Å². The van der Waals surface area contributed by atoms with E-state index in [1.54, 1.807) is 30.9 Å². The van der Waals surface area contributed by atoms with Crippen LogP contribution in [0.3, 0.4) is 0 Å². The third-order valence-corrected chi connectivity index (χ3v) is 3.97. The molecule has 4 rings (SSSR count). The van der Waals surface area contributed by atoms with Gasteiger partial charge in [0, 0.05) is 11.6 Å². The maximum absolute atomic E-state index is 5.51. The van der Waals surface area contributed by atoms with Gasteiger partial charge in [-0.2, -0.15) is 0 Å². The zero-order valence-corrected chi connectivity index (χ0v) is 12.0. The Bertz CT molecular complexity index is 879. The largest absolute Gasteiger partial charge is 0.494 e. The SMILES string of the molecule is COc1cccc2nc(-c3ccco3)n(-c3nccs3)c12. The molecule has 0 aliphatic heterocycles. The number of hydrogen-bond donors (Lipinski definition) is 0. The summed E-state index contributed by atoms with van der Waals surface area (Å²) in [5, 5.41) is 2.76. The van der Waals surface area contributed by atoms with E-state index in [-0.39, 0.29) is 0 Å². The van der Waals surface area contributed by atoms with Crippen LogP contribution in [0.15, 0.2) is 52.6 Å². The van der Waals surface area contributed by atoms with Gasteiger partial charge in [-0.3, -0.25) is 4.57 Å². The average molecular weight is 297 g/mol. The first-order chi connectivity index (χ1) is 10.4. The number of para-hydroxylation sites is 1. The zero-order chi connectivity index (χ0) is 14.2. The van der Waals surface area contributed by atoms with Crippen LogP contribution in [0.4, 0.5) is 0 Å². The Kier molecular flexibility index (Phi) is 2.75. The van der Waals surface area contributed by atoms with E-state index < -0.39 is 0 Å². The summed E-state index contributed by atoms with van der Waals surface area (Å²) in [7, 11) is 1.65. The molecule has 0 saturated heterocycles. The molecule has 5 nitrogen and oxygen atoms in total. The van der Waals surface area contributed by atoms with Gasteiger partial charge in [0.05, 0.1) is 18.9 Å². The normalized spacial score (nSPS) is 11.1. The number of aromatic nitrogens is 3. The first-order valence-corrected chi connectivity index (χ1v) is 7.25. The summed E-state index contributed by atoms with van der Waals surface area (Å²) in [5.74, 6) is 2.17. The molecule has 0 aliphatic carbocycles. The molecule has 0 spiro atoms. The van der Waals surface area contributed by atoms with Crippen LogP contribution in [0, 0.1) is 0 Å². The second kappa shape index (κ2) is 4.75. The highest BCUT2D eigenvalue weighted by molar-refractivity contribution is 7.12. The molecular weight excluding hydrogens is 286 g/mol. The molecule has 0 N–H and O–H groups in total. The summed E-state index contributed by atoms with van der Waals surface area (Å²) in [6.45, 7) is 0. The van der Waals surface area contributed by atoms with Gasteiger partial charge in [-0.25, -0.2) is 9.97 Å². The Morgan fingerprint density at radius 3 is 2.90 bits per heavy atom. The summed E-state index contributed by atoms with van der Waals surface area (Å²) >= 11 is 1.54. The van der Waals surface area contributed by atoms with Crippen LogP contribution in [0.25, 0.3) is 27.7 Å². The van der Waals surface area contributed by atoms with E-state index in [2.05, 4.69) is 9.97 Å². The fourth-order valence-electron chi connectivity index (χ4n) is 2.34. The number of nitrogens with zero attached hydrogens (tertiary/aromatic N) is 3. The highest BCUT2D eigenvalue weighted by Gasteiger charge is 2.20. The Morgan fingerprint density at radius 2 is 2.19 bits per heavy atom. The molecule has 0 aliphatic rings. The quantitative estimate of drug-likeness (QED) is 0.578. The second-order valence-corrected chi connectivity index (χ2v) is 5.26. The molecule has 0 unspecified atom stereocenters. The summed E-state index contributed by atoms with van der Waals surface area (Å²) < 4.78 is 13.0. The van der Waals surface area contributed by atoms with Gasteiger partial charge < -0.3 is 9.15 Å². The number of ether oxygens (including phenoxy) is 1. The molecule has 104 valence electrons. The fraction of sp³-hybridized carbons (Fsp3) is 0.0667. The van der Waals surface area contributed by atoms with Gasteiger partial charge in [-0.05, 0) is 24.3 Å². The molecule has 4 aromatic rings. The van der Waals surface area contributed by atoms with Gasteiger partial charge in [-0.1, -0.05) is 6.07 Å². The number of methoxy groups -OCH3 is 1. The van der Waals surface area contributed by atoms with Gasteiger partial charge in [0.25, 0.3) is 0 Å². The van der Waals surface area contributed by atoms with E-state index in [1.807, 2.05) is 40.3 Å². The van der Waals surface area contributed by atoms with Crippen molar-refractivity contribution in [1.82, 2.24) is 14.5 Å². The second-order valence-electron chi connectivity index (χ2n) is 4.39. The summed E-state index contributed by atoms with van der Waals surface area (Å²) in [6, 6.07) is 9.52. The van der Waals surface area contributed by atoms with Gasteiger partial charge in [0.2, 0.25) is 0 Å². The van der Waals surface area contributed by atoms with E-state index in [4.69, 9.17) is 9.15 Å². The van der Waals surface area contributed by atoms with E-state index in [9.17, 15) is 0 Å². The molecule has 0 radical (unpaired) electrons. The molecule has 0 fully saturated rings. The van der Waals surface area contributed by atoms with Crippen LogP contribution in [0.1, 0.15) is 0 Å². The minimum absolute atomic E-state index is 0.698. The lowest BCUT2D eigenvalue weighted by molar-refractivity contribution is 0.418. The molecule has 0 saturated carbocycles. The summed E-state index contributed by atoms with van der Waals surface area (Å²) in [6.07, 6.45) is 3.41. The maximum atomic E-state index is 5.51. The Balaban J connectivity index is 2.13. The molecule has 21 heavy (non-hydrogen) atoms. The average Bonchev–Trinajstić information content (AvgIpc) is 3.24. The Labute approximate surface area is 124 Å². The van der Waals surface area contributed by atoms with Crippen LogP contribution in [0.2, 0.25) is 0 Å². The van der Waals surface area contributed by atoms with Crippen molar-refractivity contribution in [2.24, 2.45) is 0 Å². The lowest BCUT2D eigenvalue weighted by Crippen LogP contribution is -1.97. The van der Waals surface area contributed by atoms with Gasteiger partial charge in [0.15, 0.2) is 16.7 Å². The van der Waals surface area contributed by atoms with Gasteiger partial charge in [0.1, 0.15) is 11.3 Å². The van der Waals surface area contributed by atoms with E-state index >= 15 is 0 Å². The highest BCUT2D eigenvalue weighted by atomic mass is 32.1. The van der Waals surface area contributed by atoms with Crippen LogP contribution in [0.5, 0.6) is 5.75 Å². The molecule has 3 aromatic heterocycles. The smallest absolute Gasteiger partial charge is 0.195 e. The monoisotopic (exact) mass is 297 g/mol. The standard InChI is InChI=1S/C15H11N3O2S/c1-19-11-5-2-4-10-13(11)18(15-16-7-9-21-15)14(17-10)12-6-3-8-20-12/h2-9H,1H3. The topological polar surface area (TPSA) is 53.1 Å². The van der Waals surface area contributed by atoms with Crippen LogP contribution in [-0.2, 0) is 0 Å². The predicted molar refractivity (Wildman–Crippen MR) is 81.0 cm³/mol. The maximum Gasteiger partial charge on any atom is 0.195 e. The Morgan fingerprint density at radius 1 is 1.24 bits per heavy atom. The fourth-order valence-corrected chi connectivity index (χ4v) is 2.99. The molecular formula is C15H11N3O2S. The minimum atomic E-state index is 0.698. The molecule has 0 bridgehead atoms. The Hall–Kier alpha value is -2.60. The van der Waals surface area contributed by atoms with Crippen molar-refractivity contribution < 1.29 is 9.15 Å². The summed E-state index contributed by atoms with van der Waals surface area (Å²) in [5.41, 5.74) is 1.73. The van der Waals surface area contributed by atoms with Gasteiger partial charge >= 0.3 is 0 Å². The minimum Gasteiger partial charge on any atom is -0.494 e. The van der Waals surface area contributed by atoms with Gasteiger partial charge in [-0.15, -0.1) is 11.3 Å². The van der Waals surface area contributed by atoms with E-state index in [1.165, 1.54) is 0 Å². The molecule has 0 amide bonds.